The van der Waals surface area contributed by atoms with Crippen LogP contribution in [0.25, 0.3) is 0 Å². The second-order valence-corrected chi connectivity index (χ2v) is 10.0. The van der Waals surface area contributed by atoms with Crippen LogP contribution in [0.15, 0.2) is 36.5 Å². The SMILES string of the molecule is CC(C)N1C(=O)CCCc2cc(Nc3ncc(Cl)c(NC4C5C=CC(C5)C4C(N)=O)n3)ccc21. The minimum absolute atomic E-state index is 0.0984. The molecule has 1 aliphatic heterocycles. The number of benzene rings is 1. The molecule has 4 N–H and O–H groups in total. The highest BCUT2D eigenvalue weighted by molar-refractivity contribution is 6.32. The first kappa shape index (κ1) is 22.7. The first-order valence-electron chi connectivity index (χ1n) is 11.8. The summed E-state index contributed by atoms with van der Waals surface area (Å²) < 4.78 is 0. The van der Waals surface area contributed by atoms with Crippen molar-refractivity contribution in [2.45, 2.75) is 51.6 Å². The highest BCUT2D eigenvalue weighted by Gasteiger charge is 2.47. The first-order chi connectivity index (χ1) is 16.3. The van der Waals surface area contributed by atoms with Gasteiger partial charge in [-0.3, -0.25) is 9.59 Å². The van der Waals surface area contributed by atoms with Crippen molar-refractivity contribution in [3.8, 4) is 0 Å². The van der Waals surface area contributed by atoms with Crippen molar-refractivity contribution in [3.05, 3.63) is 47.1 Å². The molecular formula is C25H29ClN6O2. The third-order valence-corrected chi connectivity index (χ3v) is 7.33. The fraction of sp³-hybridized carbons (Fsp3) is 0.440. The zero-order valence-corrected chi connectivity index (χ0v) is 20.0. The Bertz CT molecular complexity index is 1170. The van der Waals surface area contributed by atoms with Crippen LogP contribution in [0, 0.1) is 17.8 Å². The lowest BCUT2D eigenvalue weighted by Gasteiger charge is -2.27. The van der Waals surface area contributed by atoms with Crippen molar-refractivity contribution >= 4 is 46.6 Å². The standard InChI is InChI=1S/C25H29ClN6O2/c1-13(2)32-19-9-8-17(11-14(19)4-3-5-20(32)33)29-25-28-12-18(26)24(31-25)30-22-16-7-6-15(10-16)21(22)23(27)34/h6-9,11-13,15-16,21-22H,3-5,10H2,1-2H3,(H2,27,34)(H2,28,29,30,31). The summed E-state index contributed by atoms with van der Waals surface area (Å²) >= 11 is 6.39. The number of fused-ring (bicyclic) bond motifs is 3. The topological polar surface area (TPSA) is 113 Å². The van der Waals surface area contributed by atoms with Crippen LogP contribution in [0.2, 0.25) is 5.02 Å². The van der Waals surface area contributed by atoms with Crippen LogP contribution in [-0.2, 0) is 16.0 Å². The maximum atomic E-state index is 12.6. The van der Waals surface area contributed by atoms with E-state index in [1.54, 1.807) is 6.20 Å². The Hall–Kier alpha value is -3.13. The molecule has 34 heavy (non-hydrogen) atoms. The Kier molecular flexibility index (Phi) is 5.93. The van der Waals surface area contributed by atoms with E-state index in [9.17, 15) is 9.59 Å². The summed E-state index contributed by atoms with van der Waals surface area (Å²) in [6.07, 6.45) is 8.88. The summed E-state index contributed by atoms with van der Waals surface area (Å²) in [6, 6.07) is 5.93. The fourth-order valence-electron chi connectivity index (χ4n) is 5.57. The molecule has 2 bridgehead atoms. The lowest BCUT2D eigenvalue weighted by Crippen LogP contribution is -2.41. The third-order valence-electron chi connectivity index (χ3n) is 7.05. The summed E-state index contributed by atoms with van der Waals surface area (Å²) in [5.74, 6) is 0.826. The quantitative estimate of drug-likeness (QED) is 0.538. The van der Waals surface area contributed by atoms with Gasteiger partial charge in [-0.2, -0.15) is 4.98 Å². The number of hydrogen-bond donors (Lipinski definition) is 3. The Morgan fingerprint density at radius 2 is 2.03 bits per heavy atom. The molecule has 2 amide bonds. The van der Waals surface area contributed by atoms with E-state index in [2.05, 4.69) is 38.8 Å². The van der Waals surface area contributed by atoms with Crippen LogP contribution in [0.4, 0.5) is 23.1 Å². The Morgan fingerprint density at radius 3 is 2.79 bits per heavy atom. The monoisotopic (exact) mass is 480 g/mol. The highest BCUT2D eigenvalue weighted by Crippen LogP contribution is 2.45. The Morgan fingerprint density at radius 1 is 1.24 bits per heavy atom. The number of allylic oxidation sites excluding steroid dienone is 1. The van der Waals surface area contributed by atoms with Gasteiger partial charge in [-0.05, 0) is 68.7 Å². The van der Waals surface area contributed by atoms with E-state index in [0.29, 0.717) is 23.2 Å². The zero-order valence-electron chi connectivity index (χ0n) is 19.3. The molecule has 0 saturated heterocycles. The van der Waals surface area contributed by atoms with E-state index < -0.39 is 0 Å². The summed E-state index contributed by atoms with van der Waals surface area (Å²) in [4.78, 5) is 35.4. The van der Waals surface area contributed by atoms with Gasteiger partial charge in [-0.25, -0.2) is 4.98 Å². The Balaban J connectivity index is 1.38. The van der Waals surface area contributed by atoms with E-state index in [1.807, 2.05) is 30.9 Å². The second kappa shape index (κ2) is 8.91. The van der Waals surface area contributed by atoms with Crippen molar-refractivity contribution in [2.75, 3.05) is 15.5 Å². The number of carbonyl (C=O) groups excluding carboxylic acids is 2. The van der Waals surface area contributed by atoms with E-state index in [-0.39, 0.29) is 41.7 Å². The molecule has 178 valence electrons. The van der Waals surface area contributed by atoms with Crippen LogP contribution < -0.4 is 21.3 Å². The number of hydrogen-bond acceptors (Lipinski definition) is 6. The number of nitrogens with zero attached hydrogens (tertiary/aromatic N) is 3. The molecule has 2 heterocycles. The molecule has 1 aromatic carbocycles. The number of anilines is 4. The van der Waals surface area contributed by atoms with Gasteiger partial charge in [0, 0.05) is 29.9 Å². The van der Waals surface area contributed by atoms with Gasteiger partial charge < -0.3 is 21.3 Å². The van der Waals surface area contributed by atoms with Crippen molar-refractivity contribution in [1.82, 2.24) is 9.97 Å². The maximum absolute atomic E-state index is 12.6. The second-order valence-electron chi connectivity index (χ2n) is 9.62. The van der Waals surface area contributed by atoms with Gasteiger partial charge in [0.05, 0.1) is 12.1 Å². The van der Waals surface area contributed by atoms with Crippen LogP contribution in [0.3, 0.4) is 0 Å². The first-order valence-corrected chi connectivity index (χ1v) is 12.2. The Labute approximate surface area is 204 Å². The lowest BCUT2D eigenvalue weighted by atomic mass is 9.88. The van der Waals surface area contributed by atoms with Crippen LogP contribution in [0.1, 0.15) is 38.7 Å². The molecule has 2 aromatic rings. The van der Waals surface area contributed by atoms with Gasteiger partial charge in [0.25, 0.3) is 0 Å². The largest absolute Gasteiger partial charge is 0.369 e. The number of aryl methyl sites for hydroxylation is 1. The van der Waals surface area contributed by atoms with Crippen molar-refractivity contribution in [3.63, 3.8) is 0 Å². The van der Waals surface area contributed by atoms with Gasteiger partial charge in [-0.15, -0.1) is 0 Å². The number of primary amides is 1. The highest BCUT2D eigenvalue weighted by atomic mass is 35.5. The molecule has 0 radical (unpaired) electrons. The predicted molar refractivity (Wildman–Crippen MR) is 133 cm³/mol. The minimum Gasteiger partial charge on any atom is -0.369 e. The number of rotatable bonds is 6. The maximum Gasteiger partial charge on any atom is 0.229 e. The van der Waals surface area contributed by atoms with Crippen LogP contribution >= 0.6 is 11.6 Å². The van der Waals surface area contributed by atoms with Gasteiger partial charge >= 0.3 is 0 Å². The van der Waals surface area contributed by atoms with Gasteiger partial charge in [0.1, 0.15) is 5.02 Å². The van der Waals surface area contributed by atoms with Crippen LogP contribution in [-0.4, -0.2) is 33.9 Å². The number of aromatic nitrogens is 2. The van der Waals surface area contributed by atoms with E-state index in [1.165, 1.54) is 0 Å². The lowest BCUT2D eigenvalue weighted by molar-refractivity contribution is -0.122. The molecule has 2 aliphatic carbocycles. The number of amides is 2. The minimum atomic E-state index is -0.309. The molecule has 1 saturated carbocycles. The summed E-state index contributed by atoms with van der Waals surface area (Å²) in [5, 5.41) is 7.00. The fourth-order valence-corrected chi connectivity index (χ4v) is 5.72. The van der Waals surface area contributed by atoms with Gasteiger partial charge in [-0.1, -0.05) is 23.8 Å². The summed E-state index contributed by atoms with van der Waals surface area (Å²) in [6.45, 7) is 4.06. The predicted octanol–water partition coefficient (Wildman–Crippen LogP) is 4.04. The van der Waals surface area contributed by atoms with E-state index >= 15 is 0 Å². The van der Waals surface area contributed by atoms with Gasteiger partial charge in [0.15, 0.2) is 5.82 Å². The molecule has 1 aromatic heterocycles. The number of halogens is 1. The molecule has 4 unspecified atom stereocenters. The molecule has 4 atom stereocenters. The number of nitrogens with two attached hydrogens (primary N) is 1. The van der Waals surface area contributed by atoms with E-state index in [0.717, 1.165) is 36.2 Å². The normalized spacial score (nSPS) is 25.4. The summed E-state index contributed by atoms with van der Waals surface area (Å²) in [7, 11) is 0. The summed E-state index contributed by atoms with van der Waals surface area (Å²) in [5.41, 5.74) is 8.61. The van der Waals surface area contributed by atoms with E-state index in [4.69, 9.17) is 17.3 Å². The van der Waals surface area contributed by atoms with Crippen molar-refractivity contribution in [2.24, 2.45) is 23.5 Å². The molecule has 5 rings (SSSR count). The van der Waals surface area contributed by atoms with Gasteiger partial charge in [0.2, 0.25) is 17.8 Å². The number of nitrogens with one attached hydrogen (secondary N) is 2. The molecular weight excluding hydrogens is 452 g/mol. The average molecular weight is 481 g/mol. The molecule has 3 aliphatic rings. The molecule has 8 nitrogen and oxygen atoms in total. The van der Waals surface area contributed by atoms with Crippen molar-refractivity contribution < 1.29 is 9.59 Å². The van der Waals surface area contributed by atoms with Crippen molar-refractivity contribution in [1.29, 1.82) is 0 Å². The van der Waals surface area contributed by atoms with Crippen LogP contribution in [0.5, 0.6) is 0 Å². The molecule has 1 fully saturated rings. The number of carbonyl (C=O) groups is 2. The molecule has 9 heteroatoms. The zero-order chi connectivity index (χ0) is 24.0. The average Bonchev–Trinajstić information content (AvgIpc) is 3.34. The smallest absolute Gasteiger partial charge is 0.229 e. The molecule has 0 spiro atoms. The third kappa shape index (κ3) is 4.11.